The zero-order valence-electron chi connectivity index (χ0n) is 4.40. The molecule has 0 aliphatic carbocycles. The Morgan fingerprint density at radius 2 is 2.11 bits per heavy atom. The Labute approximate surface area is 60.9 Å². The second kappa shape index (κ2) is 3.03. The predicted octanol–water partition coefficient (Wildman–Crippen LogP) is 1.49. The van der Waals surface area contributed by atoms with Crippen LogP contribution in [0.15, 0.2) is 10.8 Å². The first-order valence-electron chi connectivity index (χ1n) is 2.24. The van der Waals surface area contributed by atoms with E-state index in [1.807, 2.05) is 10.8 Å². The molecule has 0 saturated carbocycles. The van der Waals surface area contributed by atoms with Gasteiger partial charge in [0.1, 0.15) is 4.71 Å². The van der Waals surface area contributed by atoms with Crippen molar-refractivity contribution in [1.29, 1.82) is 0 Å². The van der Waals surface area contributed by atoms with E-state index in [0.717, 1.165) is 0 Å². The molecular formula is C4H5NO2S2. The maximum atomic E-state index is 9.99. The number of hydrogen-bond acceptors (Lipinski definition) is 3. The van der Waals surface area contributed by atoms with Gasteiger partial charge < -0.3 is 10.4 Å². The predicted molar refractivity (Wildman–Crippen MR) is 39.3 cm³/mol. The van der Waals surface area contributed by atoms with E-state index in [1.165, 1.54) is 23.5 Å². The number of nitrogens with one attached hydrogen (secondary N) is 1. The minimum Gasteiger partial charge on any atom is -0.465 e. The number of carboxylic acid groups (broad SMARTS) is 1. The molecule has 50 valence electrons. The Balaban J connectivity index is 2.22. The summed E-state index contributed by atoms with van der Waals surface area (Å²) in [6.07, 6.45) is -0.969. The van der Waals surface area contributed by atoms with Gasteiger partial charge in [0, 0.05) is 0 Å². The van der Waals surface area contributed by atoms with Crippen LogP contribution in [0.25, 0.3) is 0 Å². The van der Waals surface area contributed by atoms with Crippen LogP contribution < -0.4 is 5.32 Å². The number of hydrogen-bond donors (Lipinski definition) is 2. The van der Waals surface area contributed by atoms with Crippen molar-refractivity contribution < 1.29 is 9.90 Å². The smallest absolute Gasteiger partial charge is 0.406 e. The van der Waals surface area contributed by atoms with Gasteiger partial charge in [-0.2, -0.15) is 0 Å². The van der Waals surface area contributed by atoms with E-state index in [0.29, 0.717) is 0 Å². The minimum atomic E-state index is -0.969. The average molecular weight is 163 g/mol. The van der Waals surface area contributed by atoms with Crippen molar-refractivity contribution in [1.82, 2.24) is 5.32 Å². The SMILES string of the molecule is O=C(O)NC1SC=CS1. The molecule has 1 aliphatic rings. The second-order valence-corrected chi connectivity index (χ2v) is 3.66. The first-order chi connectivity index (χ1) is 4.29. The quantitative estimate of drug-likeness (QED) is 0.615. The van der Waals surface area contributed by atoms with Crippen molar-refractivity contribution in [3.05, 3.63) is 10.8 Å². The molecule has 5 heteroatoms. The molecule has 1 amide bonds. The molecule has 9 heavy (non-hydrogen) atoms. The van der Waals surface area contributed by atoms with Gasteiger partial charge in [-0.1, -0.05) is 23.5 Å². The summed E-state index contributed by atoms with van der Waals surface area (Å²) >= 11 is 2.92. The molecule has 0 aromatic rings. The van der Waals surface area contributed by atoms with Crippen molar-refractivity contribution in [2.75, 3.05) is 0 Å². The number of rotatable bonds is 1. The molecular weight excluding hydrogens is 158 g/mol. The Morgan fingerprint density at radius 3 is 2.56 bits per heavy atom. The molecule has 0 spiro atoms. The lowest BCUT2D eigenvalue weighted by atomic mass is 11.1. The van der Waals surface area contributed by atoms with E-state index in [9.17, 15) is 4.79 Å². The van der Waals surface area contributed by atoms with Crippen LogP contribution in [0, 0.1) is 0 Å². The van der Waals surface area contributed by atoms with Gasteiger partial charge in [-0.25, -0.2) is 4.79 Å². The lowest BCUT2D eigenvalue weighted by Gasteiger charge is -2.04. The molecule has 0 unspecified atom stereocenters. The Morgan fingerprint density at radius 1 is 1.56 bits per heavy atom. The Hall–Kier alpha value is -0.290. The van der Waals surface area contributed by atoms with Crippen molar-refractivity contribution in [2.45, 2.75) is 4.71 Å². The first kappa shape index (κ1) is 6.82. The molecule has 1 rings (SSSR count). The third kappa shape index (κ3) is 2.19. The largest absolute Gasteiger partial charge is 0.465 e. The summed E-state index contributed by atoms with van der Waals surface area (Å²) in [7, 11) is 0. The van der Waals surface area contributed by atoms with Crippen LogP contribution in [0.5, 0.6) is 0 Å². The summed E-state index contributed by atoms with van der Waals surface area (Å²) in [5, 5.41) is 14.3. The van der Waals surface area contributed by atoms with Gasteiger partial charge in [-0.3, -0.25) is 0 Å². The third-order valence-corrected chi connectivity index (χ3v) is 2.86. The van der Waals surface area contributed by atoms with Crippen molar-refractivity contribution in [2.24, 2.45) is 0 Å². The summed E-state index contributed by atoms with van der Waals surface area (Å²) < 4.78 is -0.0394. The second-order valence-electron chi connectivity index (χ2n) is 1.33. The van der Waals surface area contributed by atoms with Gasteiger partial charge in [0.25, 0.3) is 0 Å². The average Bonchev–Trinajstić information content (AvgIpc) is 2.15. The van der Waals surface area contributed by atoms with E-state index in [-0.39, 0.29) is 4.71 Å². The van der Waals surface area contributed by atoms with Crippen molar-refractivity contribution in [3.8, 4) is 0 Å². The lowest BCUT2D eigenvalue weighted by Crippen LogP contribution is -2.26. The van der Waals surface area contributed by atoms with Crippen LogP contribution in [-0.2, 0) is 0 Å². The number of amides is 1. The molecule has 0 radical (unpaired) electrons. The van der Waals surface area contributed by atoms with Crippen LogP contribution >= 0.6 is 23.5 Å². The van der Waals surface area contributed by atoms with Crippen LogP contribution in [0.3, 0.4) is 0 Å². The van der Waals surface area contributed by atoms with Gasteiger partial charge in [0.05, 0.1) is 0 Å². The zero-order chi connectivity index (χ0) is 6.69. The molecule has 3 nitrogen and oxygen atoms in total. The first-order valence-corrected chi connectivity index (χ1v) is 4.13. The van der Waals surface area contributed by atoms with Gasteiger partial charge >= 0.3 is 6.09 Å². The fraction of sp³-hybridized carbons (Fsp3) is 0.250. The third-order valence-electron chi connectivity index (χ3n) is 0.701. The highest BCUT2D eigenvalue weighted by molar-refractivity contribution is 8.22. The van der Waals surface area contributed by atoms with Gasteiger partial charge in [-0.15, -0.1) is 0 Å². The highest BCUT2D eigenvalue weighted by Gasteiger charge is 2.12. The summed E-state index contributed by atoms with van der Waals surface area (Å²) in [4.78, 5) is 9.99. The topological polar surface area (TPSA) is 49.3 Å². The van der Waals surface area contributed by atoms with E-state index >= 15 is 0 Å². The highest BCUT2D eigenvalue weighted by Crippen LogP contribution is 2.30. The van der Waals surface area contributed by atoms with Crippen molar-refractivity contribution >= 4 is 29.6 Å². The van der Waals surface area contributed by atoms with E-state index in [4.69, 9.17) is 5.11 Å². The van der Waals surface area contributed by atoms with E-state index < -0.39 is 6.09 Å². The number of thioether (sulfide) groups is 2. The van der Waals surface area contributed by atoms with Gasteiger partial charge in [0.2, 0.25) is 0 Å². The maximum absolute atomic E-state index is 9.99. The van der Waals surface area contributed by atoms with Gasteiger partial charge in [-0.05, 0) is 10.8 Å². The zero-order valence-corrected chi connectivity index (χ0v) is 6.04. The Bertz CT molecular complexity index is 140. The summed E-state index contributed by atoms with van der Waals surface area (Å²) in [6, 6.07) is 0. The molecule has 1 aliphatic heterocycles. The molecule has 0 aromatic heterocycles. The highest BCUT2D eigenvalue weighted by atomic mass is 32.2. The van der Waals surface area contributed by atoms with Crippen LogP contribution in [0.2, 0.25) is 0 Å². The molecule has 0 bridgehead atoms. The van der Waals surface area contributed by atoms with Gasteiger partial charge in [0.15, 0.2) is 0 Å². The maximum Gasteiger partial charge on any atom is 0.406 e. The minimum absolute atomic E-state index is 0.0394. The molecule has 0 aromatic carbocycles. The molecule has 0 atom stereocenters. The summed E-state index contributed by atoms with van der Waals surface area (Å²) in [6.45, 7) is 0. The lowest BCUT2D eigenvalue weighted by molar-refractivity contribution is 0.196. The summed E-state index contributed by atoms with van der Waals surface area (Å²) in [5.41, 5.74) is 0. The number of carbonyl (C=O) groups is 1. The normalized spacial score (nSPS) is 18.2. The van der Waals surface area contributed by atoms with Crippen LogP contribution in [0.1, 0.15) is 0 Å². The van der Waals surface area contributed by atoms with E-state index in [1.54, 1.807) is 0 Å². The molecule has 0 saturated heterocycles. The fourth-order valence-electron chi connectivity index (χ4n) is 0.408. The molecule has 0 fully saturated rings. The van der Waals surface area contributed by atoms with Crippen LogP contribution in [-0.4, -0.2) is 15.9 Å². The molecule has 2 N–H and O–H groups in total. The van der Waals surface area contributed by atoms with Crippen LogP contribution in [0.4, 0.5) is 4.79 Å². The Kier molecular flexibility index (Phi) is 2.29. The standard InChI is InChI=1S/C4H5NO2S2/c6-3(7)5-4-8-1-2-9-4/h1-2,4-5H,(H,6,7). The fourth-order valence-corrected chi connectivity index (χ4v) is 2.19. The molecule has 1 heterocycles. The monoisotopic (exact) mass is 163 g/mol. The van der Waals surface area contributed by atoms with Crippen molar-refractivity contribution in [3.63, 3.8) is 0 Å². The van der Waals surface area contributed by atoms with E-state index in [2.05, 4.69) is 5.32 Å². The summed E-state index contributed by atoms with van der Waals surface area (Å²) in [5.74, 6) is 0.